The Morgan fingerprint density at radius 3 is 1.92 bits per heavy atom. The Hall–Kier alpha value is -1.17. The molecule has 0 aromatic heterocycles. The van der Waals surface area contributed by atoms with Gasteiger partial charge in [-0.25, -0.2) is 4.39 Å². The average Bonchev–Trinajstić information content (AvgIpc) is 2.58. The highest BCUT2D eigenvalue weighted by molar-refractivity contribution is 5.31. The first-order chi connectivity index (χ1) is 11.5. The normalized spacial score (nSPS) is 15.9. The molecule has 25 heavy (non-hydrogen) atoms. The zero-order valence-corrected chi connectivity index (χ0v) is 15.2. The van der Waals surface area contributed by atoms with Crippen molar-refractivity contribution in [1.29, 1.82) is 0 Å². The van der Waals surface area contributed by atoms with E-state index in [2.05, 4.69) is 0 Å². The summed E-state index contributed by atoms with van der Waals surface area (Å²) in [6.45, 7) is 4.00. The highest BCUT2D eigenvalue weighted by Crippen LogP contribution is 2.57. The Balaban J connectivity index is 3.33. The van der Waals surface area contributed by atoms with Crippen LogP contribution in [0.15, 0.2) is 30.3 Å². The Morgan fingerprint density at radius 1 is 0.880 bits per heavy atom. The van der Waals surface area contributed by atoms with Crippen molar-refractivity contribution in [2.75, 3.05) is 7.11 Å². The maximum Gasteiger partial charge on any atom is 0.350 e. The summed E-state index contributed by atoms with van der Waals surface area (Å²) in [7, 11) is 1.03. The van der Waals surface area contributed by atoms with Crippen molar-refractivity contribution in [1.82, 2.24) is 0 Å². The van der Waals surface area contributed by atoms with E-state index in [1.54, 1.807) is 0 Å². The molecule has 1 rings (SSSR count). The van der Waals surface area contributed by atoms with E-state index in [-0.39, 0.29) is 6.42 Å². The Labute approximate surface area is 146 Å². The Kier molecular flexibility index (Phi) is 7.02. The van der Waals surface area contributed by atoms with E-state index >= 15 is 4.39 Å². The fraction of sp³-hybridized carbons (Fsp3) is 0.684. The molecule has 144 valence electrons. The van der Waals surface area contributed by atoms with E-state index in [0.717, 1.165) is 39.5 Å². The number of rotatable bonds is 10. The van der Waals surface area contributed by atoms with Crippen molar-refractivity contribution in [3.8, 4) is 0 Å². The van der Waals surface area contributed by atoms with Crippen LogP contribution in [0.1, 0.15) is 58.4 Å². The van der Waals surface area contributed by atoms with Gasteiger partial charge in [-0.05, 0) is 25.8 Å². The summed E-state index contributed by atoms with van der Waals surface area (Å²) in [5.74, 6) is -9.44. The van der Waals surface area contributed by atoms with Gasteiger partial charge in [0.2, 0.25) is 5.67 Å². The second-order valence-corrected chi connectivity index (χ2v) is 6.83. The maximum atomic E-state index is 15.8. The lowest BCUT2D eigenvalue weighted by atomic mass is 9.73. The van der Waals surface area contributed by atoms with Crippen LogP contribution in [-0.4, -0.2) is 24.6 Å². The number of benzene rings is 1. The number of methoxy groups -OCH3 is 1. The van der Waals surface area contributed by atoms with E-state index in [4.69, 9.17) is 4.74 Å². The van der Waals surface area contributed by atoms with Crippen LogP contribution < -0.4 is 0 Å². The molecule has 0 radical (unpaired) electrons. The topological polar surface area (TPSA) is 9.23 Å². The molecule has 0 aliphatic rings. The molecule has 0 aliphatic heterocycles. The molecule has 1 unspecified atom stereocenters. The summed E-state index contributed by atoms with van der Waals surface area (Å²) < 4.78 is 79.4. The summed E-state index contributed by atoms with van der Waals surface area (Å²) in [6, 6.07) is 6.35. The lowest BCUT2D eigenvalue weighted by molar-refractivity contribution is -0.317. The van der Waals surface area contributed by atoms with E-state index in [9.17, 15) is 17.6 Å². The molecule has 0 spiro atoms. The van der Waals surface area contributed by atoms with E-state index in [1.807, 2.05) is 6.92 Å². The summed E-state index contributed by atoms with van der Waals surface area (Å²) >= 11 is 0. The Bertz CT molecular complexity index is 530. The predicted octanol–water partition coefficient (Wildman–Crippen LogP) is 6.52. The summed E-state index contributed by atoms with van der Waals surface area (Å²) in [5, 5.41) is 0. The maximum absolute atomic E-state index is 15.8. The molecule has 1 atom stereocenters. The molecule has 1 aromatic rings. The highest BCUT2D eigenvalue weighted by Gasteiger charge is 2.75. The van der Waals surface area contributed by atoms with Gasteiger partial charge in [0.1, 0.15) is 5.60 Å². The van der Waals surface area contributed by atoms with Gasteiger partial charge >= 0.3 is 11.8 Å². The van der Waals surface area contributed by atoms with E-state index in [1.165, 1.54) is 18.2 Å². The number of hydrogen-bond acceptors (Lipinski definition) is 1. The standard InChI is InChI=1S/C19H27F5O/c1-5-6-7-11-14-17(20,21)19(23,24)18(22,16(2,3)25-4)15-12-9-8-10-13-15/h8-10,12-13H,5-7,11,14H2,1-4H3. The number of unbranched alkanes of at least 4 members (excludes halogenated alkanes) is 3. The van der Waals surface area contributed by atoms with Crippen molar-refractivity contribution in [3.05, 3.63) is 35.9 Å². The third-order valence-corrected chi connectivity index (χ3v) is 4.75. The first-order valence-corrected chi connectivity index (χ1v) is 8.53. The minimum atomic E-state index is -4.94. The molecule has 1 nitrogen and oxygen atoms in total. The molecule has 0 bridgehead atoms. The first-order valence-electron chi connectivity index (χ1n) is 8.53. The largest absolute Gasteiger partial charge is 0.375 e. The third kappa shape index (κ3) is 3.99. The van der Waals surface area contributed by atoms with Crippen LogP contribution in [0.4, 0.5) is 22.0 Å². The highest BCUT2D eigenvalue weighted by atomic mass is 19.3. The van der Waals surface area contributed by atoms with Gasteiger partial charge in [-0.2, -0.15) is 17.6 Å². The second-order valence-electron chi connectivity index (χ2n) is 6.83. The average molecular weight is 366 g/mol. The molecule has 1 aromatic carbocycles. The van der Waals surface area contributed by atoms with E-state index in [0.29, 0.717) is 12.8 Å². The van der Waals surface area contributed by atoms with Crippen molar-refractivity contribution in [2.45, 2.75) is 76.0 Å². The molecular weight excluding hydrogens is 339 g/mol. The van der Waals surface area contributed by atoms with Gasteiger partial charge in [-0.1, -0.05) is 56.5 Å². The molecule has 0 fully saturated rings. The smallest absolute Gasteiger partial charge is 0.350 e. The minimum Gasteiger partial charge on any atom is -0.375 e. The van der Waals surface area contributed by atoms with Gasteiger partial charge in [0.25, 0.3) is 0 Å². The van der Waals surface area contributed by atoms with Gasteiger partial charge in [-0.15, -0.1) is 0 Å². The summed E-state index contributed by atoms with van der Waals surface area (Å²) in [5.41, 5.74) is -6.38. The lowest BCUT2D eigenvalue weighted by Crippen LogP contribution is -2.63. The number of alkyl halides is 5. The fourth-order valence-corrected chi connectivity index (χ4v) is 2.90. The summed E-state index contributed by atoms with van der Waals surface area (Å²) in [6.07, 6.45) is 0.702. The molecular formula is C19H27F5O. The van der Waals surface area contributed by atoms with Crippen LogP contribution >= 0.6 is 0 Å². The van der Waals surface area contributed by atoms with Gasteiger partial charge in [0.15, 0.2) is 0 Å². The molecule has 0 N–H and O–H groups in total. The third-order valence-electron chi connectivity index (χ3n) is 4.75. The Morgan fingerprint density at radius 2 is 1.44 bits per heavy atom. The first kappa shape index (κ1) is 21.9. The number of ether oxygens (including phenoxy) is 1. The minimum absolute atomic E-state index is 0.0886. The second kappa shape index (κ2) is 8.02. The van der Waals surface area contributed by atoms with Crippen molar-refractivity contribution in [3.63, 3.8) is 0 Å². The van der Waals surface area contributed by atoms with Crippen LogP contribution in [0.2, 0.25) is 0 Å². The summed E-state index contributed by atoms with van der Waals surface area (Å²) in [4.78, 5) is 0. The van der Waals surface area contributed by atoms with Gasteiger partial charge in [0, 0.05) is 13.5 Å². The number of hydrogen-bond donors (Lipinski definition) is 0. The van der Waals surface area contributed by atoms with Crippen molar-refractivity contribution >= 4 is 0 Å². The SMILES string of the molecule is CCCCCCC(F)(F)C(F)(F)C(F)(c1ccccc1)C(C)(C)OC. The van der Waals surface area contributed by atoms with Gasteiger partial charge in [-0.3, -0.25) is 0 Å². The van der Waals surface area contributed by atoms with Crippen LogP contribution in [0.25, 0.3) is 0 Å². The zero-order chi connectivity index (χ0) is 19.4. The fourth-order valence-electron chi connectivity index (χ4n) is 2.90. The monoisotopic (exact) mass is 366 g/mol. The molecule has 0 amide bonds. The van der Waals surface area contributed by atoms with Crippen LogP contribution in [0.5, 0.6) is 0 Å². The lowest BCUT2D eigenvalue weighted by Gasteiger charge is -2.46. The van der Waals surface area contributed by atoms with Crippen LogP contribution in [0.3, 0.4) is 0 Å². The van der Waals surface area contributed by atoms with Crippen LogP contribution in [-0.2, 0) is 10.4 Å². The molecule has 0 heterocycles. The van der Waals surface area contributed by atoms with Crippen molar-refractivity contribution < 1.29 is 26.7 Å². The quantitative estimate of drug-likeness (QED) is 0.338. The molecule has 0 saturated heterocycles. The number of halogens is 5. The predicted molar refractivity (Wildman–Crippen MR) is 89.0 cm³/mol. The van der Waals surface area contributed by atoms with Gasteiger partial charge in [0.05, 0.1) is 0 Å². The zero-order valence-electron chi connectivity index (χ0n) is 15.2. The molecule has 0 saturated carbocycles. The van der Waals surface area contributed by atoms with E-state index < -0.39 is 35.1 Å². The molecule has 0 aliphatic carbocycles. The molecule has 6 heteroatoms. The van der Waals surface area contributed by atoms with Crippen molar-refractivity contribution in [2.24, 2.45) is 0 Å². The van der Waals surface area contributed by atoms with Crippen LogP contribution in [0, 0.1) is 0 Å². The van der Waals surface area contributed by atoms with Gasteiger partial charge < -0.3 is 4.74 Å².